The lowest BCUT2D eigenvalue weighted by molar-refractivity contribution is -0.158. The fourth-order valence-electron chi connectivity index (χ4n) is 5.23. The summed E-state index contributed by atoms with van der Waals surface area (Å²) >= 11 is 11.3. The van der Waals surface area contributed by atoms with Crippen molar-refractivity contribution in [1.29, 1.82) is 0 Å². The topological polar surface area (TPSA) is 103 Å². The van der Waals surface area contributed by atoms with Crippen molar-refractivity contribution in [3.8, 4) is 11.5 Å². The van der Waals surface area contributed by atoms with Crippen LogP contribution in [0.3, 0.4) is 0 Å². The highest BCUT2D eigenvalue weighted by Gasteiger charge is 2.58. The van der Waals surface area contributed by atoms with Gasteiger partial charge in [0.25, 0.3) is 11.8 Å². The summed E-state index contributed by atoms with van der Waals surface area (Å²) in [5.74, 6) is -3.14. The lowest BCUT2D eigenvalue weighted by Gasteiger charge is -2.56. The summed E-state index contributed by atoms with van der Waals surface area (Å²) in [5.41, 5.74) is -1.56. The quantitative estimate of drug-likeness (QED) is 0.438. The molecule has 0 heterocycles. The Kier molecular flexibility index (Phi) is 8.32. The average Bonchev–Trinajstić information content (AvgIpc) is 2.90. The maximum atomic E-state index is 13.6. The highest BCUT2D eigenvalue weighted by molar-refractivity contribution is 6.31. The molecule has 3 fully saturated rings. The van der Waals surface area contributed by atoms with Crippen LogP contribution in [-0.4, -0.2) is 49.2 Å². The average molecular weight is 571 g/mol. The van der Waals surface area contributed by atoms with E-state index in [-0.39, 0.29) is 41.2 Å². The Morgan fingerprint density at radius 2 is 1.37 bits per heavy atom. The SMILES string of the molecule is COC(=O)C1CC2(NC(=O)COc3ccc(Cl)c(F)c3)CCC1(NC(=O)COc1ccc(Cl)c(F)c1)CC2. The van der Waals surface area contributed by atoms with Crippen molar-refractivity contribution in [1.82, 2.24) is 10.6 Å². The Morgan fingerprint density at radius 3 is 1.84 bits per heavy atom. The molecule has 3 saturated carbocycles. The van der Waals surface area contributed by atoms with Crippen LogP contribution in [0.25, 0.3) is 0 Å². The minimum absolute atomic E-state index is 0.0556. The molecule has 0 aromatic heterocycles. The number of nitrogens with one attached hydrogen (secondary N) is 2. The highest BCUT2D eigenvalue weighted by Crippen LogP contribution is 2.50. The van der Waals surface area contributed by atoms with Crippen molar-refractivity contribution in [2.45, 2.75) is 43.2 Å². The summed E-state index contributed by atoms with van der Waals surface area (Å²) in [5, 5.41) is 5.80. The molecule has 2 aromatic carbocycles. The van der Waals surface area contributed by atoms with Gasteiger partial charge in [-0.25, -0.2) is 8.78 Å². The summed E-state index contributed by atoms with van der Waals surface area (Å²) in [6.45, 7) is -0.739. The molecule has 2 aromatic rings. The number of ether oxygens (including phenoxy) is 3. The summed E-state index contributed by atoms with van der Waals surface area (Å²) in [4.78, 5) is 38.2. The lowest BCUT2D eigenvalue weighted by atomic mass is 9.56. The summed E-state index contributed by atoms with van der Waals surface area (Å²) in [7, 11) is 1.27. The number of amides is 2. The number of rotatable bonds is 9. The fourth-order valence-corrected chi connectivity index (χ4v) is 5.46. The molecule has 0 spiro atoms. The molecule has 204 valence electrons. The normalized spacial score (nSPS) is 23.9. The van der Waals surface area contributed by atoms with Gasteiger partial charge in [0.2, 0.25) is 0 Å². The maximum Gasteiger partial charge on any atom is 0.311 e. The lowest BCUT2D eigenvalue weighted by Crippen LogP contribution is -2.70. The van der Waals surface area contributed by atoms with E-state index in [1.807, 2.05) is 0 Å². The third-order valence-electron chi connectivity index (χ3n) is 7.16. The molecule has 1 unspecified atom stereocenters. The molecular formula is C26H26Cl2F2N2O6. The monoisotopic (exact) mass is 570 g/mol. The summed E-state index contributed by atoms with van der Waals surface area (Å²) in [6.07, 6.45) is 2.09. The van der Waals surface area contributed by atoms with E-state index in [1.54, 1.807) is 0 Å². The van der Waals surface area contributed by atoms with Gasteiger partial charge in [-0.15, -0.1) is 0 Å². The van der Waals surface area contributed by atoms with Gasteiger partial charge in [0.15, 0.2) is 13.2 Å². The van der Waals surface area contributed by atoms with Crippen LogP contribution < -0.4 is 20.1 Å². The first-order chi connectivity index (χ1) is 18.0. The van der Waals surface area contributed by atoms with Crippen molar-refractivity contribution in [2.24, 2.45) is 5.92 Å². The number of benzene rings is 2. The Balaban J connectivity index is 1.37. The molecule has 3 aliphatic carbocycles. The second kappa shape index (κ2) is 11.3. The van der Waals surface area contributed by atoms with Crippen molar-refractivity contribution in [2.75, 3.05) is 20.3 Å². The standard InChI is InChI=1S/C26H26Cl2F2N2O6/c1-36-24(35)17-12-25(31-22(33)13-37-15-2-4-18(27)20(29)10-15)6-8-26(17,9-7-25)32-23(34)14-38-16-3-5-19(28)21(30)11-16/h2-5,10-11,17H,6-9,12-14H2,1H3,(H,31,33)(H,32,34). The predicted molar refractivity (Wildman–Crippen MR) is 134 cm³/mol. The molecular weight excluding hydrogens is 545 g/mol. The van der Waals surface area contributed by atoms with Gasteiger partial charge in [0.05, 0.1) is 28.6 Å². The zero-order valence-corrected chi connectivity index (χ0v) is 22.0. The van der Waals surface area contributed by atoms with Gasteiger partial charge in [0, 0.05) is 17.7 Å². The van der Waals surface area contributed by atoms with E-state index in [0.717, 1.165) is 12.1 Å². The van der Waals surface area contributed by atoms with Gasteiger partial charge >= 0.3 is 5.97 Å². The Labute approximate surface area is 227 Å². The van der Waals surface area contributed by atoms with E-state index in [4.69, 9.17) is 37.4 Å². The van der Waals surface area contributed by atoms with Crippen LogP contribution >= 0.6 is 23.2 Å². The van der Waals surface area contributed by atoms with Crippen LogP contribution in [0, 0.1) is 17.6 Å². The molecule has 0 saturated heterocycles. The molecule has 2 amide bonds. The molecule has 0 radical (unpaired) electrons. The van der Waals surface area contributed by atoms with Crippen molar-refractivity contribution in [3.63, 3.8) is 0 Å². The van der Waals surface area contributed by atoms with E-state index in [9.17, 15) is 23.2 Å². The number of esters is 1. The first-order valence-corrected chi connectivity index (χ1v) is 12.7. The number of hydrogen-bond donors (Lipinski definition) is 2. The maximum absolute atomic E-state index is 13.6. The van der Waals surface area contributed by atoms with Gasteiger partial charge < -0.3 is 24.8 Å². The number of carbonyl (C=O) groups excluding carboxylic acids is 3. The summed E-state index contributed by atoms with van der Waals surface area (Å²) in [6, 6.07) is 7.72. The number of hydrogen-bond acceptors (Lipinski definition) is 6. The van der Waals surface area contributed by atoms with E-state index in [0.29, 0.717) is 25.7 Å². The zero-order chi connectivity index (χ0) is 27.5. The van der Waals surface area contributed by atoms with Gasteiger partial charge in [-0.2, -0.15) is 0 Å². The largest absolute Gasteiger partial charge is 0.484 e. The molecule has 8 nitrogen and oxygen atoms in total. The third kappa shape index (κ3) is 6.13. The van der Waals surface area contributed by atoms with Gasteiger partial charge in [-0.1, -0.05) is 23.2 Å². The Bertz CT molecular complexity index is 1240. The van der Waals surface area contributed by atoms with E-state index in [1.165, 1.54) is 31.4 Å². The summed E-state index contributed by atoms with van der Waals surface area (Å²) < 4.78 is 43.1. The molecule has 12 heteroatoms. The Hall–Kier alpha value is -3.11. The molecule has 2 N–H and O–H groups in total. The smallest absolute Gasteiger partial charge is 0.311 e. The zero-order valence-electron chi connectivity index (χ0n) is 20.5. The number of halogens is 4. The minimum atomic E-state index is -0.872. The predicted octanol–water partition coefficient (Wildman–Crippen LogP) is 4.21. The van der Waals surface area contributed by atoms with Crippen LogP contribution in [0.4, 0.5) is 8.78 Å². The van der Waals surface area contributed by atoms with Crippen molar-refractivity contribution in [3.05, 3.63) is 58.1 Å². The van der Waals surface area contributed by atoms with Crippen LogP contribution in [0.2, 0.25) is 10.0 Å². The van der Waals surface area contributed by atoms with E-state index < -0.39 is 46.4 Å². The van der Waals surface area contributed by atoms with Crippen LogP contribution in [0.1, 0.15) is 32.1 Å². The van der Waals surface area contributed by atoms with Crippen LogP contribution in [-0.2, 0) is 19.1 Å². The molecule has 3 aliphatic rings. The second-order valence-electron chi connectivity index (χ2n) is 9.54. The Morgan fingerprint density at radius 1 is 0.868 bits per heavy atom. The number of fused-ring (bicyclic) bond motifs is 3. The molecule has 1 atom stereocenters. The van der Waals surface area contributed by atoms with Crippen LogP contribution in [0.15, 0.2) is 36.4 Å². The molecule has 0 aliphatic heterocycles. The molecule has 5 rings (SSSR count). The molecule has 38 heavy (non-hydrogen) atoms. The van der Waals surface area contributed by atoms with Crippen molar-refractivity contribution < 1.29 is 37.4 Å². The second-order valence-corrected chi connectivity index (χ2v) is 10.4. The third-order valence-corrected chi connectivity index (χ3v) is 7.77. The van der Waals surface area contributed by atoms with E-state index >= 15 is 0 Å². The minimum Gasteiger partial charge on any atom is -0.484 e. The fraction of sp³-hybridized carbons (Fsp3) is 0.423. The first kappa shape index (κ1) is 27.9. The number of carbonyl (C=O) groups is 3. The first-order valence-electron chi connectivity index (χ1n) is 11.9. The molecule has 2 bridgehead atoms. The number of methoxy groups -OCH3 is 1. The van der Waals surface area contributed by atoms with Gasteiger partial charge in [0.1, 0.15) is 23.1 Å². The van der Waals surface area contributed by atoms with Gasteiger partial charge in [-0.05, 0) is 56.4 Å². The van der Waals surface area contributed by atoms with Crippen molar-refractivity contribution >= 4 is 41.0 Å². The van der Waals surface area contributed by atoms with Crippen LogP contribution in [0.5, 0.6) is 11.5 Å². The van der Waals surface area contributed by atoms with Gasteiger partial charge in [-0.3, -0.25) is 14.4 Å². The highest BCUT2D eigenvalue weighted by atomic mass is 35.5. The van der Waals surface area contributed by atoms with E-state index in [2.05, 4.69) is 10.6 Å².